The van der Waals surface area contributed by atoms with E-state index in [9.17, 15) is 4.79 Å². The summed E-state index contributed by atoms with van der Waals surface area (Å²) in [5.74, 6) is 0.629. The maximum absolute atomic E-state index is 12.1. The van der Waals surface area contributed by atoms with Gasteiger partial charge in [-0.15, -0.1) is 0 Å². The molecule has 0 aromatic carbocycles. The molecule has 0 saturated heterocycles. The van der Waals surface area contributed by atoms with E-state index in [1.165, 1.54) is 17.5 Å². The summed E-state index contributed by atoms with van der Waals surface area (Å²) in [7, 11) is 0. The minimum atomic E-state index is -0.331. The summed E-state index contributed by atoms with van der Waals surface area (Å²) in [6, 6.07) is 0. The van der Waals surface area contributed by atoms with Crippen LogP contribution in [0.15, 0.2) is 15.5 Å². The first-order valence-electron chi connectivity index (χ1n) is 6.15. The van der Waals surface area contributed by atoms with E-state index < -0.39 is 0 Å². The third-order valence-electron chi connectivity index (χ3n) is 2.85. The van der Waals surface area contributed by atoms with Crippen LogP contribution in [0.3, 0.4) is 0 Å². The van der Waals surface area contributed by atoms with Gasteiger partial charge in [0.1, 0.15) is 4.47 Å². The van der Waals surface area contributed by atoms with Crippen molar-refractivity contribution in [2.24, 2.45) is 11.7 Å². The molecule has 0 amide bonds. The van der Waals surface area contributed by atoms with Crippen LogP contribution in [0.25, 0.3) is 0 Å². The Morgan fingerprint density at radius 2 is 2.28 bits per heavy atom. The van der Waals surface area contributed by atoms with E-state index in [1.54, 1.807) is 6.20 Å². The van der Waals surface area contributed by atoms with Crippen molar-refractivity contribution in [3.8, 4) is 0 Å². The lowest BCUT2D eigenvalue weighted by Crippen LogP contribution is -2.40. The zero-order valence-electron chi connectivity index (χ0n) is 10.7. The normalized spacial score (nSPS) is 15.8. The summed E-state index contributed by atoms with van der Waals surface area (Å²) >= 11 is 3.33. The molecular weight excluding hydrogens is 296 g/mol. The van der Waals surface area contributed by atoms with Crippen molar-refractivity contribution in [1.29, 1.82) is 0 Å². The number of halogens is 1. The van der Waals surface area contributed by atoms with Crippen molar-refractivity contribution in [3.63, 3.8) is 0 Å². The summed E-state index contributed by atoms with van der Waals surface area (Å²) in [5, 5.41) is 7.33. The molecule has 0 unspecified atom stereocenters. The van der Waals surface area contributed by atoms with E-state index in [1.807, 2.05) is 13.8 Å². The van der Waals surface area contributed by atoms with Crippen LogP contribution >= 0.6 is 15.9 Å². The number of hydrogen-bond acceptors (Lipinski definition) is 4. The van der Waals surface area contributed by atoms with Crippen LogP contribution in [0, 0.1) is 5.92 Å². The Labute approximate surface area is 115 Å². The minimum absolute atomic E-state index is 0.0817. The molecule has 1 saturated carbocycles. The highest BCUT2D eigenvalue weighted by molar-refractivity contribution is 9.10. The van der Waals surface area contributed by atoms with Crippen LogP contribution in [-0.2, 0) is 6.54 Å². The summed E-state index contributed by atoms with van der Waals surface area (Å²) in [4.78, 5) is 12.1. The van der Waals surface area contributed by atoms with Gasteiger partial charge in [0.2, 0.25) is 0 Å². The lowest BCUT2D eigenvalue weighted by Gasteiger charge is -2.20. The molecule has 18 heavy (non-hydrogen) atoms. The maximum atomic E-state index is 12.1. The van der Waals surface area contributed by atoms with Crippen LogP contribution in [0.2, 0.25) is 0 Å². The first kappa shape index (κ1) is 13.5. The molecular formula is C12H19BrN4O. The molecule has 0 radical (unpaired) electrons. The van der Waals surface area contributed by atoms with Gasteiger partial charge in [0, 0.05) is 18.6 Å². The Hall–Kier alpha value is -0.880. The fraction of sp³-hybridized carbons (Fsp3) is 0.667. The van der Waals surface area contributed by atoms with Crippen LogP contribution in [-0.4, -0.2) is 21.9 Å². The monoisotopic (exact) mass is 314 g/mol. The molecule has 0 bridgehead atoms. The van der Waals surface area contributed by atoms with E-state index in [4.69, 9.17) is 5.73 Å². The predicted octanol–water partition coefficient (Wildman–Crippen LogP) is 1.56. The number of anilines is 1. The van der Waals surface area contributed by atoms with E-state index in [-0.39, 0.29) is 11.1 Å². The average Bonchev–Trinajstić information content (AvgIpc) is 3.06. The van der Waals surface area contributed by atoms with Gasteiger partial charge in [-0.05, 0) is 48.5 Å². The second kappa shape index (κ2) is 5.01. The molecule has 1 aliphatic rings. The molecule has 0 spiro atoms. The number of rotatable bonds is 5. The zero-order valence-corrected chi connectivity index (χ0v) is 12.3. The number of hydrogen-bond donors (Lipinski definition) is 2. The van der Waals surface area contributed by atoms with Gasteiger partial charge in [-0.3, -0.25) is 4.79 Å². The first-order chi connectivity index (χ1) is 8.37. The summed E-state index contributed by atoms with van der Waals surface area (Å²) in [6.45, 7) is 5.16. The van der Waals surface area contributed by atoms with Gasteiger partial charge in [-0.2, -0.15) is 5.10 Å². The van der Waals surface area contributed by atoms with Crippen molar-refractivity contribution in [1.82, 2.24) is 9.78 Å². The lowest BCUT2D eigenvalue weighted by atomic mass is 10.1. The molecule has 1 fully saturated rings. The summed E-state index contributed by atoms with van der Waals surface area (Å²) in [5.41, 5.74) is 6.18. The molecule has 1 heterocycles. The maximum Gasteiger partial charge on any atom is 0.283 e. The van der Waals surface area contributed by atoms with Gasteiger partial charge in [-0.1, -0.05) is 0 Å². The van der Waals surface area contributed by atoms with Crippen LogP contribution in [0.4, 0.5) is 5.69 Å². The van der Waals surface area contributed by atoms with Gasteiger partial charge in [-0.25, -0.2) is 4.68 Å². The van der Waals surface area contributed by atoms with E-state index in [0.717, 1.165) is 6.54 Å². The zero-order chi connectivity index (χ0) is 13.3. The lowest BCUT2D eigenvalue weighted by molar-refractivity contribution is 0.529. The van der Waals surface area contributed by atoms with Crippen molar-refractivity contribution < 1.29 is 0 Å². The van der Waals surface area contributed by atoms with Gasteiger partial charge in [0.05, 0.1) is 11.9 Å². The number of nitrogens with two attached hydrogens (primary N) is 1. The SMILES string of the molecule is CC(C)(N)CNc1cnn(CC2CC2)c(=O)c1Br. The summed E-state index contributed by atoms with van der Waals surface area (Å²) < 4.78 is 2.06. The van der Waals surface area contributed by atoms with Crippen LogP contribution < -0.4 is 16.6 Å². The predicted molar refractivity (Wildman–Crippen MR) is 75.7 cm³/mol. The van der Waals surface area contributed by atoms with Crippen molar-refractivity contribution in [3.05, 3.63) is 21.0 Å². The van der Waals surface area contributed by atoms with Gasteiger partial charge in [0.15, 0.2) is 0 Å². The van der Waals surface area contributed by atoms with Crippen LogP contribution in [0.1, 0.15) is 26.7 Å². The summed E-state index contributed by atoms with van der Waals surface area (Å²) in [6.07, 6.45) is 4.08. The van der Waals surface area contributed by atoms with Gasteiger partial charge < -0.3 is 11.1 Å². The van der Waals surface area contributed by atoms with Gasteiger partial charge >= 0.3 is 0 Å². The van der Waals surface area contributed by atoms with E-state index in [0.29, 0.717) is 22.6 Å². The third kappa shape index (κ3) is 3.55. The molecule has 0 aliphatic heterocycles. The standard InChI is InChI=1S/C12H19BrN4O/c1-12(2,14)7-15-9-5-16-17(6-8-3-4-8)11(18)10(9)13/h5,8,15H,3-4,6-7,14H2,1-2H3. The van der Waals surface area contributed by atoms with E-state index in [2.05, 4.69) is 26.3 Å². The Balaban J connectivity index is 2.12. The number of nitrogens with one attached hydrogen (secondary N) is 1. The second-order valence-electron chi connectivity index (χ2n) is 5.64. The third-order valence-corrected chi connectivity index (χ3v) is 3.61. The molecule has 100 valence electrons. The minimum Gasteiger partial charge on any atom is -0.381 e. The van der Waals surface area contributed by atoms with Crippen molar-refractivity contribution in [2.75, 3.05) is 11.9 Å². The molecule has 1 aliphatic carbocycles. The Bertz CT molecular complexity index is 488. The highest BCUT2D eigenvalue weighted by atomic mass is 79.9. The molecule has 0 atom stereocenters. The topological polar surface area (TPSA) is 72.9 Å². The van der Waals surface area contributed by atoms with E-state index >= 15 is 0 Å². The quantitative estimate of drug-likeness (QED) is 0.865. The molecule has 1 aromatic heterocycles. The first-order valence-corrected chi connectivity index (χ1v) is 6.94. The van der Waals surface area contributed by atoms with Crippen molar-refractivity contribution >= 4 is 21.6 Å². The molecule has 5 nitrogen and oxygen atoms in total. The molecule has 2 rings (SSSR count). The van der Waals surface area contributed by atoms with Gasteiger partial charge in [0.25, 0.3) is 5.56 Å². The Morgan fingerprint density at radius 1 is 1.61 bits per heavy atom. The number of nitrogens with zero attached hydrogens (tertiary/aromatic N) is 2. The van der Waals surface area contributed by atoms with Crippen molar-refractivity contribution in [2.45, 2.75) is 38.8 Å². The highest BCUT2D eigenvalue weighted by Crippen LogP contribution is 2.30. The highest BCUT2D eigenvalue weighted by Gasteiger charge is 2.23. The molecule has 3 N–H and O–H groups in total. The largest absolute Gasteiger partial charge is 0.381 e. The van der Waals surface area contributed by atoms with Crippen LogP contribution in [0.5, 0.6) is 0 Å². The number of aromatic nitrogens is 2. The molecule has 1 aromatic rings. The second-order valence-corrected chi connectivity index (χ2v) is 6.44. The fourth-order valence-electron chi connectivity index (χ4n) is 1.59. The Morgan fingerprint density at radius 3 is 2.83 bits per heavy atom. The fourth-order valence-corrected chi connectivity index (χ4v) is 2.03. The Kier molecular flexibility index (Phi) is 3.77. The smallest absolute Gasteiger partial charge is 0.283 e. The average molecular weight is 315 g/mol. The molecule has 6 heteroatoms.